The van der Waals surface area contributed by atoms with Crippen LogP contribution in [0.4, 0.5) is 0 Å². The number of thioether (sulfide) groups is 1. The van der Waals surface area contributed by atoms with Crippen LogP contribution in [0.2, 0.25) is 0 Å². The van der Waals surface area contributed by atoms with E-state index in [1.54, 1.807) is 38.4 Å². The summed E-state index contributed by atoms with van der Waals surface area (Å²) in [6.45, 7) is 1.81. The monoisotopic (exact) mass is 293 g/mol. The molecule has 7 nitrogen and oxygen atoms in total. The number of aromatic hydroxyl groups is 1. The molecule has 1 N–H and O–H groups in total. The van der Waals surface area contributed by atoms with Crippen molar-refractivity contribution >= 4 is 17.7 Å². The van der Waals surface area contributed by atoms with E-state index in [9.17, 15) is 9.90 Å². The van der Waals surface area contributed by atoms with Crippen molar-refractivity contribution in [3.8, 4) is 11.4 Å². The van der Waals surface area contributed by atoms with Gasteiger partial charge in [0, 0.05) is 14.1 Å². The van der Waals surface area contributed by atoms with Crippen LogP contribution >= 0.6 is 11.8 Å². The van der Waals surface area contributed by atoms with Crippen LogP contribution in [0.25, 0.3) is 5.69 Å². The number of phenols is 1. The number of nitrogens with zero attached hydrogens (tertiary/aromatic N) is 5. The van der Waals surface area contributed by atoms with Gasteiger partial charge in [0.25, 0.3) is 0 Å². The highest BCUT2D eigenvalue weighted by molar-refractivity contribution is 8.00. The van der Waals surface area contributed by atoms with E-state index in [1.165, 1.54) is 21.3 Å². The van der Waals surface area contributed by atoms with Crippen molar-refractivity contribution in [2.45, 2.75) is 17.3 Å². The van der Waals surface area contributed by atoms with Gasteiger partial charge in [0.1, 0.15) is 5.75 Å². The first-order valence-corrected chi connectivity index (χ1v) is 6.82. The van der Waals surface area contributed by atoms with Gasteiger partial charge >= 0.3 is 0 Å². The minimum Gasteiger partial charge on any atom is -0.508 e. The predicted molar refractivity (Wildman–Crippen MR) is 74.8 cm³/mol. The summed E-state index contributed by atoms with van der Waals surface area (Å²) in [5, 5.41) is 21.0. The quantitative estimate of drug-likeness (QED) is 0.844. The lowest BCUT2D eigenvalue weighted by Crippen LogP contribution is -2.29. The molecule has 0 unspecified atom stereocenters. The summed E-state index contributed by atoms with van der Waals surface area (Å²) in [7, 11) is 3.42. The van der Waals surface area contributed by atoms with Crippen molar-refractivity contribution in [2.24, 2.45) is 0 Å². The van der Waals surface area contributed by atoms with Gasteiger partial charge in [-0.25, -0.2) is 0 Å². The SMILES string of the molecule is C[C@H](Sc1nnnn1-c1ccc(O)cc1)C(=O)N(C)C. The molecule has 0 aliphatic carbocycles. The van der Waals surface area contributed by atoms with Gasteiger partial charge in [-0.2, -0.15) is 4.68 Å². The average molecular weight is 293 g/mol. The number of hydrogen-bond acceptors (Lipinski definition) is 6. The Kier molecular flexibility index (Phi) is 4.23. The smallest absolute Gasteiger partial charge is 0.235 e. The van der Waals surface area contributed by atoms with Gasteiger partial charge in [-0.3, -0.25) is 4.79 Å². The highest BCUT2D eigenvalue weighted by Crippen LogP contribution is 2.24. The normalized spacial score (nSPS) is 12.2. The number of hydrogen-bond donors (Lipinski definition) is 1. The molecule has 0 aliphatic heterocycles. The maximum Gasteiger partial charge on any atom is 0.235 e. The first-order valence-electron chi connectivity index (χ1n) is 5.94. The largest absolute Gasteiger partial charge is 0.508 e. The van der Waals surface area contributed by atoms with Crippen molar-refractivity contribution < 1.29 is 9.90 Å². The molecule has 0 fully saturated rings. The fraction of sp³-hybridized carbons (Fsp3) is 0.333. The zero-order chi connectivity index (χ0) is 14.7. The number of carbonyl (C=O) groups excluding carboxylic acids is 1. The summed E-state index contributed by atoms with van der Waals surface area (Å²) >= 11 is 1.29. The molecule has 1 heterocycles. The molecule has 0 saturated heterocycles. The van der Waals surface area contributed by atoms with Crippen molar-refractivity contribution in [2.75, 3.05) is 14.1 Å². The van der Waals surface area contributed by atoms with Crippen molar-refractivity contribution in [3.05, 3.63) is 24.3 Å². The van der Waals surface area contributed by atoms with E-state index in [0.717, 1.165) is 5.69 Å². The van der Waals surface area contributed by atoms with Crippen LogP contribution in [-0.4, -0.2) is 55.5 Å². The third-order valence-corrected chi connectivity index (χ3v) is 3.63. The maximum atomic E-state index is 11.9. The van der Waals surface area contributed by atoms with E-state index in [2.05, 4.69) is 15.5 Å². The molecule has 0 radical (unpaired) electrons. The molecular formula is C12H15N5O2S. The highest BCUT2D eigenvalue weighted by Gasteiger charge is 2.20. The third-order valence-electron chi connectivity index (χ3n) is 2.61. The van der Waals surface area contributed by atoms with E-state index in [0.29, 0.717) is 5.16 Å². The first-order chi connectivity index (χ1) is 9.49. The number of rotatable bonds is 4. The number of tetrazole rings is 1. The summed E-state index contributed by atoms with van der Waals surface area (Å²) in [5.74, 6) is 0.169. The van der Waals surface area contributed by atoms with Crippen LogP contribution < -0.4 is 0 Å². The van der Waals surface area contributed by atoms with Crippen LogP contribution in [0.3, 0.4) is 0 Å². The fourth-order valence-corrected chi connectivity index (χ4v) is 2.53. The molecule has 106 valence electrons. The van der Waals surface area contributed by atoms with Crippen LogP contribution in [-0.2, 0) is 4.79 Å². The molecule has 8 heteroatoms. The van der Waals surface area contributed by atoms with Crippen molar-refractivity contribution in [1.82, 2.24) is 25.1 Å². The van der Waals surface area contributed by atoms with E-state index < -0.39 is 0 Å². The molecule has 2 aromatic rings. The lowest BCUT2D eigenvalue weighted by Gasteiger charge is -2.15. The molecule has 1 aromatic carbocycles. The molecule has 0 spiro atoms. The summed E-state index contributed by atoms with van der Waals surface area (Å²) in [6, 6.07) is 6.52. The fourth-order valence-electron chi connectivity index (χ4n) is 1.58. The van der Waals surface area contributed by atoms with Crippen LogP contribution in [0.1, 0.15) is 6.92 Å². The minimum absolute atomic E-state index is 0.00439. The maximum absolute atomic E-state index is 11.9. The zero-order valence-corrected chi connectivity index (χ0v) is 12.2. The topological polar surface area (TPSA) is 84.1 Å². The summed E-state index contributed by atoms with van der Waals surface area (Å²) in [4.78, 5) is 13.4. The minimum atomic E-state index is -0.285. The third kappa shape index (κ3) is 3.08. The second-order valence-corrected chi connectivity index (χ2v) is 5.69. The Bertz CT molecular complexity index is 596. The molecule has 20 heavy (non-hydrogen) atoms. The molecule has 0 aliphatic rings. The Morgan fingerprint density at radius 1 is 1.35 bits per heavy atom. The first kappa shape index (κ1) is 14.3. The van der Waals surface area contributed by atoms with Gasteiger partial charge < -0.3 is 10.0 Å². The Balaban J connectivity index is 2.21. The van der Waals surface area contributed by atoms with Gasteiger partial charge in [-0.05, 0) is 41.6 Å². The van der Waals surface area contributed by atoms with Gasteiger partial charge in [0.05, 0.1) is 10.9 Å². The average Bonchev–Trinajstić information content (AvgIpc) is 2.86. The lowest BCUT2D eigenvalue weighted by atomic mass is 10.3. The predicted octanol–water partition coefficient (Wildman–Crippen LogP) is 0.937. The van der Waals surface area contributed by atoms with Crippen molar-refractivity contribution in [1.29, 1.82) is 0 Å². The summed E-state index contributed by atoms with van der Waals surface area (Å²) < 4.78 is 1.53. The summed E-state index contributed by atoms with van der Waals surface area (Å²) in [6.07, 6.45) is 0. The van der Waals surface area contributed by atoms with Gasteiger partial charge in [0.2, 0.25) is 11.1 Å². The van der Waals surface area contributed by atoms with Crippen molar-refractivity contribution in [3.63, 3.8) is 0 Å². The molecule has 0 bridgehead atoms. The van der Waals surface area contributed by atoms with E-state index in [1.807, 2.05) is 6.92 Å². The lowest BCUT2D eigenvalue weighted by molar-refractivity contribution is -0.127. The number of amides is 1. The Hall–Kier alpha value is -2.09. The highest BCUT2D eigenvalue weighted by atomic mass is 32.2. The van der Waals surface area contributed by atoms with E-state index in [4.69, 9.17) is 0 Å². The summed E-state index contributed by atoms with van der Waals surface area (Å²) in [5.41, 5.74) is 0.722. The molecule has 1 atom stereocenters. The van der Waals surface area contributed by atoms with Gasteiger partial charge in [0.15, 0.2) is 0 Å². The van der Waals surface area contributed by atoms with Gasteiger partial charge in [-0.15, -0.1) is 5.10 Å². The standard InChI is InChI=1S/C12H15N5O2S/c1-8(11(19)16(2)3)20-12-13-14-15-17(12)9-4-6-10(18)7-5-9/h4-8,18H,1-3H3/t8-/m0/s1. The Labute approximate surface area is 120 Å². The molecule has 1 amide bonds. The second kappa shape index (κ2) is 5.91. The van der Waals surface area contributed by atoms with E-state index >= 15 is 0 Å². The number of aromatic nitrogens is 4. The van der Waals surface area contributed by atoms with Crippen LogP contribution in [0, 0.1) is 0 Å². The molecule has 0 saturated carbocycles. The molecule has 2 rings (SSSR count). The zero-order valence-electron chi connectivity index (χ0n) is 11.4. The van der Waals surface area contributed by atoms with Crippen LogP contribution in [0.15, 0.2) is 29.4 Å². The molecule has 1 aromatic heterocycles. The Morgan fingerprint density at radius 3 is 2.60 bits per heavy atom. The Morgan fingerprint density at radius 2 is 2.00 bits per heavy atom. The van der Waals surface area contributed by atoms with Crippen LogP contribution in [0.5, 0.6) is 5.75 Å². The molecular weight excluding hydrogens is 278 g/mol. The van der Waals surface area contributed by atoms with Gasteiger partial charge in [-0.1, -0.05) is 11.8 Å². The number of phenolic OH excluding ortho intramolecular Hbond substituents is 1. The van der Waals surface area contributed by atoms with E-state index in [-0.39, 0.29) is 16.9 Å². The number of benzene rings is 1. The second-order valence-electron chi connectivity index (χ2n) is 4.38. The number of carbonyl (C=O) groups is 1.